The molecule has 0 saturated carbocycles. The van der Waals surface area contributed by atoms with Gasteiger partial charge in [-0.25, -0.2) is 0 Å². The quantitative estimate of drug-likeness (QED) is 0.401. The third-order valence-corrected chi connectivity index (χ3v) is 1.99. The van der Waals surface area contributed by atoms with Crippen LogP contribution in [0.15, 0.2) is 0 Å². The van der Waals surface area contributed by atoms with Crippen LogP contribution in [0.3, 0.4) is 0 Å². The molecule has 0 amide bonds. The van der Waals surface area contributed by atoms with Gasteiger partial charge in [-0.3, -0.25) is 4.32 Å². The molecule has 0 fully saturated rings. The molecular formula is C10H22BFO2. The summed E-state index contributed by atoms with van der Waals surface area (Å²) in [7, 11) is -1.52. The molecule has 0 N–H and O–H groups in total. The van der Waals surface area contributed by atoms with E-state index >= 15 is 0 Å². The molecule has 2 nitrogen and oxygen atoms in total. The predicted octanol–water partition coefficient (Wildman–Crippen LogP) is 3.35. The maximum absolute atomic E-state index is 12.8. The van der Waals surface area contributed by atoms with Crippen LogP contribution in [0.5, 0.6) is 0 Å². The molecule has 0 aromatic rings. The van der Waals surface area contributed by atoms with Gasteiger partial charge in [-0.15, -0.1) is 0 Å². The highest BCUT2D eigenvalue weighted by Crippen LogP contribution is 2.00. The van der Waals surface area contributed by atoms with Gasteiger partial charge >= 0.3 is 7.40 Å². The maximum Gasteiger partial charge on any atom is 0.680 e. The highest BCUT2D eigenvalue weighted by Gasteiger charge is 2.17. The molecule has 0 aliphatic carbocycles. The van der Waals surface area contributed by atoms with E-state index in [-0.39, 0.29) is 0 Å². The highest BCUT2D eigenvalue weighted by atomic mass is 19.1. The SMILES string of the molecule is CCCCCOB(F)OCCCCC. The monoisotopic (exact) mass is 204 g/mol. The minimum absolute atomic E-state index is 0.461. The Hall–Kier alpha value is -0.0851. The topological polar surface area (TPSA) is 18.5 Å². The minimum Gasteiger partial charge on any atom is -0.382 e. The summed E-state index contributed by atoms with van der Waals surface area (Å²) in [6.45, 7) is 5.13. The number of halogens is 1. The van der Waals surface area contributed by atoms with Crippen molar-refractivity contribution in [3.05, 3.63) is 0 Å². The van der Waals surface area contributed by atoms with E-state index in [2.05, 4.69) is 13.8 Å². The lowest BCUT2D eigenvalue weighted by molar-refractivity contribution is 0.157. The number of hydrogen-bond acceptors (Lipinski definition) is 2. The van der Waals surface area contributed by atoms with E-state index in [0.717, 1.165) is 38.5 Å². The summed E-state index contributed by atoms with van der Waals surface area (Å²) < 4.78 is 22.5. The van der Waals surface area contributed by atoms with Crippen LogP contribution >= 0.6 is 0 Å². The lowest BCUT2D eigenvalue weighted by atomic mass is 10.2. The fourth-order valence-corrected chi connectivity index (χ4v) is 1.10. The Labute approximate surface area is 87.4 Å². The molecule has 0 aromatic heterocycles. The molecule has 0 unspecified atom stereocenters. The fourth-order valence-electron chi connectivity index (χ4n) is 1.10. The summed E-state index contributed by atoms with van der Waals surface area (Å²) in [5.41, 5.74) is 0. The van der Waals surface area contributed by atoms with Crippen LogP contribution in [-0.4, -0.2) is 20.6 Å². The first-order chi connectivity index (χ1) is 6.81. The summed E-state index contributed by atoms with van der Waals surface area (Å²) in [5.74, 6) is 0. The standard InChI is InChI=1S/C10H22BFO2/c1-3-5-7-9-13-11(12)14-10-8-6-4-2/h3-10H2,1-2H3. The molecule has 14 heavy (non-hydrogen) atoms. The van der Waals surface area contributed by atoms with E-state index in [1.165, 1.54) is 0 Å². The Bertz CT molecular complexity index is 102. The molecule has 0 radical (unpaired) electrons. The van der Waals surface area contributed by atoms with Crippen LogP contribution in [0.2, 0.25) is 0 Å². The van der Waals surface area contributed by atoms with Gasteiger partial charge in [0.2, 0.25) is 0 Å². The van der Waals surface area contributed by atoms with Gasteiger partial charge in [0.05, 0.1) is 0 Å². The van der Waals surface area contributed by atoms with Crippen LogP contribution in [0.1, 0.15) is 52.4 Å². The maximum atomic E-state index is 12.8. The van der Waals surface area contributed by atoms with Gasteiger partial charge in [-0.2, -0.15) is 0 Å². The fraction of sp³-hybridized carbons (Fsp3) is 1.00. The molecule has 84 valence electrons. The number of rotatable bonds is 10. The molecule has 0 saturated heterocycles. The van der Waals surface area contributed by atoms with Crippen molar-refractivity contribution in [2.24, 2.45) is 0 Å². The van der Waals surface area contributed by atoms with E-state index in [0.29, 0.717) is 13.2 Å². The Morgan fingerprint density at radius 2 is 1.29 bits per heavy atom. The second-order valence-corrected chi connectivity index (χ2v) is 3.43. The van der Waals surface area contributed by atoms with Crippen molar-refractivity contribution < 1.29 is 13.6 Å². The van der Waals surface area contributed by atoms with Gasteiger partial charge < -0.3 is 9.31 Å². The van der Waals surface area contributed by atoms with Gasteiger partial charge in [-0.05, 0) is 12.8 Å². The average molecular weight is 204 g/mol. The van der Waals surface area contributed by atoms with Crippen molar-refractivity contribution in [2.45, 2.75) is 52.4 Å². The third kappa shape index (κ3) is 10.00. The van der Waals surface area contributed by atoms with E-state index in [4.69, 9.17) is 9.31 Å². The van der Waals surface area contributed by atoms with Gasteiger partial charge in [0.25, 0.3) is 0 Å². The summed E-state index contributed by atoms with van der Waals surface area (Å²) >= 11 is 0. The smallest absolute Gasteiger partial charge is 0.382 e. The number of hydrogen-bond donors (Lipinski definition) is 0. The summed E-state index contributed by atoms with van der Waals surface area (Å²) in [6.07, 6.45) is 6.24. The van der Waals surface area contributed by atoms with Gasteiger partial charge in [0, 0.05) is 13.2 Å². The first-order valence-corrected chi connectivity index (χ1v) is 5.68. The molecule has 0 rings (SSSR count). The lowest BCUT2D eigenvalue weighted by Gasteiger charge is -2.06. The zero-order valence-electron chi connectivity index (χ0n) is 9.43. The van der Waals surface area contributed by atoms with Crippen LogP contribution in [0.25, 0.3) is 0 Å². The Morgan fingerprint density at radius 3 is 1.64 bits per heavy atom. The van der Waals surface area contributed by atoms with E-state index in [9.17, 15) is 4.32 Å². The highest BCUT2D eigenvalue weighted by molar-refractivity contribution is 6.35. The third-order valence-electron chi connectivity index (χ3n) is 1.99. The Balaban J connectivity index is 3.07. The van der Waals surface area contributed by atoms with Crippen molar-refractivity contribution in [2.75, 3.05) is 13.2 Å². The first kappa shape index (κ1) is 13.9. The number of unbranched alkanes of at least 4 members (excludes halogenated alkanes) is 4. The van der Waals surface area contributed by atoms with Gasteiger partial charge in [-0.1, -0.05) is 39.5 Å². The summed E-state index contributed by atoms with van der Waals surface area (Å²) in [4.78, 5) is 0. The van der Waals surface area contributed by atoms with Crippen molar-refractivity contribution in [3.63, 3.8) is 0 Å². The summed E-state index contributed by atoms with van der Waals surface area (Å²) in [6, 6.07) is 0. The lowest BCUT2D eigenvalue weighted by Crippen LogP contribution is -2.18. The normalized spacial score (nSPS) is 10.5. The van der Waals surface area contributed by atoms with Gasteiger partial charge in [0.1, 0.15) is 0 Å². The zero-order valence-corrected chi connectivity index (χ0v) is 9.43. The van der Waals surface area contributed by atoms with Crippen molar-refractivity contribution in [3.8, 4) is 0 Å². The molecule has 0 spiro atoms. The molecular weight excluding hydrogens is 182 g/mol. The molecule has 0 atom stereocenters. The van der Waals surface area contributed by atoms with Crippen LogP contribution in [0.4, 0.5) is 4.32 Å². The molecule has 0 aromatic carbocycles. The zero-order chi connectivity index (χ0) is 10.6. The van der Waals surface area contributed by atoms with Crippen molar-refractivity contribution in [1.29, 1.82) is 0 Å². The van der Waals surface area contributed by atoms with Crippen LogP contribution in [-0.2, 0) is 9.31 Å². The average Bonchev–Trinajstić information content (AvgIpc) is 2.19. The van der Waals surface area contributed by atoms with E-state index in [1.807, 2.05) is 0 Å². The summed E-state index contributed by atoms with van der Waals surface area (Å²) in [5, 5.41) is 0. The second kappa shape index (κ2) is 11.0. The van der Waals surface area contributed by atoms with Crippen molar-refractivity contribution in [1.82, 2.24) is 0 Å². The van der Waals surface area contributed by atoms with E-state index < -0.39 is 7.40 Å². The Kier molecular flexibility index (Phi) is 10.9. The molecule has 0 aliphatic rings. The molecule has 0 bridgehead atoms. The predicted molar refractivity (Wildman–Crippen MR) is 57.8 cm³/mol. The molecule has 4 heteroatoms. The van der Waals surface area contributed by atoms with Crippen LogP contribution in [0, 0.1) is 0 Å². The van der Waals surface area contributed by atoms with Gasteiger partial charge in [0.15, 0.2) is 0 Å². The van der Waals surface area contributed by atoms with Crippen molar-refractivity contribution >= 4 is 7.40 Å². The largest absolute Gasteiger partial charge is 0.680 e. The van der Waals surface area contributed by atoms with Crippen LogP contribution < -0.4 is 0 Å². The minimum atomic E-state index is -1.52. The van der Waals surface area contributed by atoms with E-state index in [1.54, 1.807) is 0 Å². The first-order valence-electron chi connectivity index (χ1n) is 5.68. The molecule has 0 heterocycles. The Morgan fingerprint density at radius 1 is 0.857 bits per heavy atom. The molecule has 0 aliphatic heterocycles. The second-order valence-electron chi connectivity index (χ2n) is 3.43.